The van der Waals surface area contributed by atoms with Gasteiger partial charge < -0.3 is 5.32 Å². The van der Waals surface area contributed by atoms with Crippen LogP contribution in [0.1, 0.15) is 49.0 Å². The summed E-state index contributed by atoms with van der Waals surface area (Å²) in [5.41, 5.74) is 1.64. The van der Waals surface area contributed by atoms with Gasteiger partial charge >= 0.3 is 0 Å². The van der Waals surface area contributed by atoms with Gasteiger partial charge in [0.1, 0.15) is 0 Å². The van der Waals surface area contributed by atoms with Crippen molar-refractivity contribution in [1.29, 1.82) is 0 Å². The van der Waals surface area contributed by atoms with Crippen molar-refractivity contribution < 1.29 is 0 Å². The number of rotatable bonds is 4. The molecule has 0 aromatic carbocycles. The normalized spacial score (nSPS) is 22.4. The summed E-state index contributed by atoms with van der Waals surface area (Å²) in [6.45, 7) is 2.28. The maximum atomic E-state index is 3.51. The molecule has 15 heavy (non-hydrogen) atoms. The molecule has 2 rings (SSSR count). The molecule has 0 spiro atoms. The van der Waals surface area contributed by atoms with Crippen molar-refractivity contribution in [2.75, 3.05) is 7.05 Å². The Morgan fingerprint density at radius 1 is 1.60 bits per heavy atom. The van der Waals surface area contributed by atoms with Gasteiger partial charge in [-0.05, 0) is 49.7 Å². The minimum Gasteiger partial charge on any atom is -0.316 e. The van der Waals surface area contributed by atoms with Crippen molar-refractivity contribution >= 4 is 11.3 Å². The SMILES string of the molecule is CCCC(NC)C1CCCc2sccc21. The number of hydrogen-bond donors (Lipinski definition) is 1. The zero-order valence-corrected chi connectivity index (χ0v) is 10.6. The van der Waals surface area contributed by atoms with E-state index in [9.17, 15) is 0 Å². The van der Waals surface area contributed by atoms with Gasteiger partial charge in [0, 0.05) is 16.8 Å². The van der Waals surface area contributed by atoms with Crippen LogP contribution in [-0.2, 0) is 6.42 Å². The average Bonchev–Trinajstić information content (AvgIpc) is 2.73. The van der Waals surface area contributed by atoms with E-state index in [0.29, 0.717) is 6.04 Å². The Morgan fingerprint density at radius 2 is 2.47 bits per heavy atom. The van der Waals surface area contributed by atoms with Crippen LogP contribution in [0.2, 0.25) is 0 Å². The van der Waals surface area contributed by atoms with Gasteiger partial charge in [0.25, 0.3) is 0 Å². The van der Waals surface area contributed by atoms with Gasteiger partial charge in [-0.2, -0.15) is 0 Å². The summed E-state index contributed by atoms with van der Waals surface area (Å²) in [4.78, 5) is 1.64. The second-order valence-electron chi connectivity index (χ2n) is 4.48. The smallest absolute Gasteiger partial charge is 0.0133 e. The Hall–Kier alpha value is -0.340. The van der Waals surface area contributed by atoms with Crippen molar-refractivity contribution in [2.24, 2.45) is 0 Å². The van der Waals surface area contributed by atoms with Crippen molar-refractivity contribution in [1.82, 2.24) is 5.32 Å². The predicted octanol–water partition coefficient (Wildman–Crippen LogP) is 3.56. The molecule has 1 aromatic heterocycles. The molecule has 1 aliphatic carbocycles. The molecule has 0 saturated carbocycles. The summed E-state index contributed by atoms with van der Waals surface area (Å²) >= 11 is 1.95. The first-order valence-corrected chi connectivity index (χ1v) is 6.98. The molecule has 1 aliphatic rings. The summed E-state index contributed by atoms with van der Waals surface area (Å²) in [6.07, 6.45) is 6.64. The Labute approximate surface area is 96.9 Å². The molecule has 1 heterocycles. The summed E-state index contributed by atoms with van der Waals surface area (Å²) in [5.74, 6) is 0.768. The van der Waals surface area contributed by atoms with Gasteiger partial charge in [-0.1, -0.05) is 13.3 Å². The van der Waals surface area contributed by atoms with Crippen LogP contribution in [0.15, 0.2) is 11.4 Å². The van der Waals surface area contributed by atoms with E-state index < -0.39 is 0 Å². The van der Waals surface area contributed by atoms with Crippen molar-refractivity contribution in [3.05, 3.63) is 21.9 Å². The maximum absolute atomic E-state index is 3.51. The Kier molecular flexibility index (Phi) is 3.81. The van der Waals surface area contributed by atoms with E-state index in [1.165, 1.54) is 32.1 Å². The first-order valence-electron chi connectivity index (χ1n) is 6.10. The predicted molar refractivity (Wildman–Crippen MR) is 67.8 cm³/mol. The van der Waals surface area contributed by atoms with Gasteiger partial charge in [0.2, 0.25) is 0 Å². The van der Waals surface area contributed by atoms with Crippen LogP contribution in [0.3, 0.4) is 0 Å². The van der Waals surface area contributed by atoms with E-state index in [4.69, 9.17) is 0 Å². The van der Waals surface area contributed by atoms with Gasteiger partial charge in [-0.15, -0.1) is 11.3 Å². The fourth-order valence-corrected chi connectivity index (χ4v) is 3.79. The lowest BCUT2D eigenvalue weighted by atomic mass is 9.81. The molecule has 0 bridgehead atoms. The molecule has 1 nitrogen and oxygen atoms in total. The van der Waals surface area contributed by atoms with Crippen LogP contribution < -0.4 is 5.32 Å². The molecule has 2 heteroatoms. The summed E-state index contributed by atoms with van der Waals surface area (Å²) < 4.78 is 0. The van der Waals surface area contributed by atoms with E-state index in [1.807, 2.05) is 11.3 Å². The third kappa shape index (κ3) is 2.26. The van der Waals surface area contributed by atoms with Crippen LogP contribution in [-0.4, -0.2) is 13.1 Å². The Morgan fingerprint density at radius 3 is 3.20 bits per heavy atom. The molecule has 0 radical (unpaired) electrons. The zero-order valence-electron chi connectivity index (χ0n) is 9.75. The van der Waals surface area contributed by atoms with Crippen molar-refractivity contribution in [2.45, 2.75) is 51.0 Å². The highest BCUT2D eigenvalue weighted by Gasteiger charge is 2.26. The number of fused-ring (bicyclic) bond motifs is 1. The van der Waals surface area contributed by atoms with E-state index in [1.54, 1.807) is 10.4 Å². The molecule has 0 saturated heterocycles. The number of thiophene rings is 1. The van der Waals surface area contributed by atoms with E-state index >= 15 is 0 Å². The molecule has 1 aromatic rings. The third-order valence-electron chi connectivity index (χ3n) is 3.55. The van der Waals surface area contributed by atoms with Crippen LogP contribution in [0, 0.1) is 0 Å². The lowest BCUT2D eigenvalue weighted by Crippen LogP contribution is -2.33. The molecule has 0 fully saturated rings. The largest absolute Gasteiger partial charge is 0.316 e. The van der Waals surface area contributed by atoms with E-state index in [2.05, 4.69) is 30.7 Å². The Bertz CT molecular complexity index is 305. The second kappa shape index (κ2) is 5.13. The van der Waals surface area contributed by atoms with Crippen molar-refractivity contribution in [3.8, 4) is 0 Å². The highest BCUT2D eigenvalue weighted by atomic mass is 32.1. The molecule has 0 amide bonds. The number of aryl methyl sites for hydroxylation is 1. The van der Waals surface area contributed by atoms with Gasteiger partial charge in [-0.25, -0.2) is 0 Å². The van der Waals surface area contributed by atoms with Crippen molar-refractivity contribution in [3.63, 3.8) is 0 Å². The van der Waals surface area contributed by atoms with E-state index in [-0.39, 0.29) is 0 Å². The highest BCUT2D eigenvalue weighted by molar-refractivity contribution is 7.10. The topological polar surface area (TPSA) is 12.0 Å². The van der Waals surface area contributed by atoms with Crippen LogP contribution in [0.5, 0.6) is 0 Å². The standard InChI is InChI=1S/C13H21NS/c1-3-5-12(14-2)10-6-4-7-13-11(10)8-9-15-13/h8-10,12,14H,3-7H2,1-2H3. The Balaban J connectivity index is 2.16. The molecular weight excluding hydrogens is 202 g/mol. The number of hydrogen-bond acceptors (Lipinski definition) is 2. The molecular formula is C13H21NS. The quantitative estimate of drug-likeness (QED) is 0.823. The fraction of sp³-hybridized carbons (Fsp3) is 0.692. The minimum atomic E-state index is 0.684. The van der Waals surface area contributed by atoms with Crippen LogP contribution in [0.25, 0.3) is 0 Å². The third-order valence-corrected chi connectivity index (χ3v) is 4.55. The van der Waals surface area contributed by atoms with Crippen LogP contribution >= 0.6 is 11.3 Å². The average molecular weight is 223 g/mol. The monoisotopic (exact) mass is 223 g/mol. The fourth-order valence-electron chi connectivity index (χ4n) is 2.80. The van der Waals surface area contributed by atoms with Gasteiger partial charge in [0.15, 0.2) is 0 Å². The molecule has 1 N–H and O–H groups in total. The molecule has 84 valence electrons. The second-order valence-corrected chi connectivity index (χ2v) is 5.48. The molecule has 2 unspecified atom stereocenters. The molecule has 2 atom stereocenters. The minimum absolute atomic E-state index is 0.684. The summed E-state index contributed by atoms with van der Waals surface area (Å²) in [6, 6.07) is 3.03. The van der Waals surface area contributed by atoms with E-state index in [0.717, 1.165) is 5.92 Å². The van der Waals surface area contributed by atoms with Gasteiger partial charge in [-0.3, -0.25) is 0 Å². The zero-order chi connectivity index (χ0) is 10.7. The first kappa shape index (κ1) is 11.2. The first-order chi connectivity index (χ1) is 7.36. The van der Waals surface area contributed by atoms with Gasteiger partial charge in [0.05, 0.1) is 0 Å². The summed E-state index contributed by atoms with van der Waals surface area (Å²) in [5, 5.41) is 5.77. The maximum Gasteiger partial charge on any atom is 0.0133 e. The lowest BCUT2D eigenvalue weighted by Gasteiger charge is -2.30. The molecule has 0 aliphatic heterocycles. The van der Waals surface area contributed by atoms with Crippen LogP contribution in [0.4, 0.5) is 0 Å². The highest BCUT2D eigenvalue weighted by Crippen LogP contribution is 2.37. The summed E-state index contributed by atoms with van der Waals surface area (Å²) in [7, 11) is 2.11. The number of nitrogens with one attached hydrogen (secondary N) is 1. The lowest BCUT2D eigenvalue weighted by molar-refractivity contribution is 0.393. The number of likely N-dealkylation sites (N-methyl/N-ethyl adjacent to an activating group) is 1.